The first-order valence-corrected chi connectivity index (χ1v) is 13.0. The van der Waals surface area contributed by atoms with E-state index in [9.17, 15) is 8.42 Å². The maximum Gasteiger partial charge on any atom is 0.486 e. The van der Waals surface area contributed by atoms with Crippen molar-refractivity contribution in [1.82, 2.24) is 0 Å². The average molecular weight is 476 g/mol. The SMILES string of the molecule is Cc1ccc(S(=O)(=O)OCCCC/C=C/B2O[C@H](c3ccccc3)[C@@H](c3ccccc3)O2)cc1. The molecular weight excluding hydrogens is 447 g/mol. The van der Waals surface area contributed by atoms with Gasteiger partial charge < -0.3 is 9.31 Å². The Hall–Kier alpha value is -2.71. The van der Waals surface area contributed by atoms with Crippen molar-refractivity contribution in [3.63, 3.8) is 0 Å². The van der Waals surface area contributed by atoms with Gasteiger partial charge in [-0.1, -0.05) is 90.4 Å². The summed E-state index contributed by atoms with van der Waals surface area (Å²) in [4.78, 5) is 0.189. The van der Waals surface area contributed by atoms with Crippen LogP contribution in [0.25, 0.3) is 0 Å². The van der Waals surface area contributed by atoms with Crippen LogP contribution in [-0.4, -0.2) is 22.1 Å². The van der Waals surface area contributed by atoms with Gasteiger partial charge in [-0.3, -0.25) is 4.18 Å². The lowest BCUT2D eigenvalue weighted by molar-refractivity contribution is 0.159. The molecule has 5 nitrogen and oxygen atoms in total. The van der Waals surface area contributed by atoms with E-state index in [1.807, 2.05) is 55.4 Å². The van der Waals surface area contributed by atoms with Crippen LogP contribution in [0.2, 0.25) is 0 Å². The normalized spacial score (nSPS) is 18.6. The van der Waals surface area contributed by atoms with Gasteiger partial charge in [-0.05, 0) is 49.4 Å². The molecule has 0 saturated carbocycles. The topological polar surface area (TPSA) is 61.8 Å². The Morgan fingerprint density at radius 1 is 0.824 bits per heavy atom. The van der Waals surface area contributed by atoms with E-state index in [1.54, 1.807) is 24.3 Å². The fourth-order valence-corrected chi connectivity index (χ4v) is 4.80. The molecule has 0 bridgehead atoms. The number of allylic oxidation sites excluding steroid dienone is 1. The van der Waals surface area contributed by atoms with Gasteiger partial charge in [-0.15, -0.1) is 0 Å². The zero-order chi connectivity index (χ0) is 23.8. The molecule has 3 aromatic rings. The molecule has 4 rings (SSSR count). The Balaban J connectivity index is 1.25. The molecule has 2 atom stereocenters. The summed E-state index contributed by atoms with van der Waals surface area (Å²) in [5.74, 6) is 1.93. The molecule has 0 aliphatic carbocycles. The summed E-state index contributed by atoms with van der Waals surface area (Å²) in [5, 5.41) is 0. The zero-order valence-corrected chi connectivity index (χ0v) is 20.1. The average Bonchev–Trinajstić information content (AvgIpc) is 3.29. The highest BCUT2D eigenvalue weighted by molar-refractivity contribution is 7.86. The van der Waals surface area contributed by atoms with E-state index in [4.69, 9.17) is 13.5 Å². The number of hydrogen-bond acceptors (Lipinski definition) is 5. The molecule has 34 heavy (non-hydrogen) atoms. The highest BCUT2D eigenvalue weighted by Gasteiger charge is 2.39. The Morgan fingerprint density at radius 2 is 1.38 bits per heavy atom. The first-order chi connectivity index (χ1) is 16.5. The van der Waals surface area contributed by atoms with E-state index in [2.05, 4.69) is 24.3 Å². The standard InChI is InChI=1S/C27H29BO5S/c1-22-16-18-25(19-17-22)34(29,30)31-21-11-3-2-10-20-28-32-26(23-12-6-4-7-13-23)27(33-28)24-14-8-5-9-15-24/h4-10,12-20,26-27H,2-3,11,21H2,1H3/b20-10+/t26-,27-/m1/s1. The first kappa shape index (κ1) is 24.4. The van der Waals surface area contributed by atoms with Crippen molar-refractivity contribution in [1.29, 1.82) is 0 Å². The van der Waals surface area contributed by atoms with E-state index < -0.39 is 17.2 Å². The largest absolute Gasteiger partial charge is 0.486 e. The second kappa shape index (κ2) is 11.6. The minimum atomic E-state index is -3.71. The predicted molar refractivity (Wildman–Crippen MR) is 134 cm³/mol. The Bertz CT molecular complexity index is 1120. The molecule has 0 aromatic heterocycles. The fourth-order valence-electron chi connectivity index (χ4n) is 3.86. The van der Waals surface area contributed by atoms with Gasteiger partial charge in [0, 0.05) is 0 Å². The van der Waals surface area contributed by atoms with Gasteiger partial charge in [-0.2, -0.15) is 8.42 Å². The van der Waals surface area contributed by atoms with Gasteiger partial charge in [0.15, 0.2) is 0 Å². The summed E-state index contributed by atoms with van der Waals surface area (Å²) in [5.41, 5.74) is 3.17. The number of hydrogen-bond donors (Lipinski definition) is 0. The molecule has 0 unspecified atom stereocenters. The van der Waals surface area contributed by atoms with Crippen LogP contribution >= 0.6 is 0 Å². The highest BCUT2D eigenvalue weighted by atomic mass is 32.2. The lowest BCUT2D eigenvalue weighted by Crippen LogP contribution is -2.11. The second-order valence-electron chi connectivity index (χ2n) is 8.32. The predicted octanol–water partition coefficient (Wildman–Crippen LogP) is 5.98. The molecule has 0 N–H and O–H groups in total. The Morgan fingerprint density at radius 3 is 1.94 bits per heavy atom. The van der Waals surface area contributed by atoms with Crippen LogP contribution in [0.4, 0.5) is 0 Å². The molecule has 0 radical (unpaired) electrons. The third-order valence-electron chi connectivity index (χ3n) is 5.70. The third-order valence-corrected chi connectivity index (χ3v) is 7.03. The van der Waals surface area contributed by atoms with Gasteiger partial charge in [0.05, 0.1) is 23.7 Å². The van der Waals surface area contributed by atoms with Gasteiger partial charge in [0.1, 0.15) is 0 Å². The molecule has 3 aromatic carbocycles. The van der Waals surface area contributed by atoms with Crippen LogP contribution in [0.15, 0.2) is 102 Å². The van der Waals surface area contributed by atoms with Crippen LogP contribution in [0.1, 0.15) is 48.2 Å². The number of aryl methyl sites for hydroxylation is 1. The fraction of sp³-hybridized carbons (Fsp3) is 0.259. The minimum Gasteiger partial charge on any atom is -0.398 e. The van der Waals surface area contributed by atoms with E-state index in [1.165, 1.54) is 0 Å². The monoisotopic (exact) mass is 476 g/mol. The van der Waals surface area contributed by atoms with E-state index >= 15 is 0 Å². The van der Waals surface area contributed by atoms with Gasteiger partial charge in [0.2, 0.25) is 0 Å². The zero-order valence-electron chi connectivity index (χ0n) is 19.2. The van der Waals surface area contributed by atoms with Crippen molar-refractivity contribution >= 4 is 17.2 Å². The van der Waals surface area contributed by atoms with Crippen molar-refractivity contribution < 1.29 is 21.9 Å². The maximum atomic E-state index is 12.2. The van der Waals surface area contributed by atoms with Crippen molar-refractivity contribution in [3.8, 4) is 0 Å². The van der Waals surface area contributed by atoms with Crippen LogP contribution in [0, 0.1) is 6.92 Å². The van der Waals surface area contributed by atoms with Crippen LogP contribution in [-0.2, 0) is 23.6 Å². The summed E-state index contributed by atoms with van der Waals surface area (Å²) in [6.45, 7) is 2.07. The summed E-state index contributed by atoms with van der Waals surface area (Å²) < 4.78 is 42.1. The van der Waals surface area contributed by atoms with Gasteiger partial charge >= 0.3 is 7.12 Å². The van der Waals surface area contributed by atoms with Crippen LogP contribution in [0.3, 0.4) is 0 Å². The summed E-state index contributed by atoms with van der Waals surface area (Å²) in [7, 11) is -4.14. The Kier molecular flexibility index (Phi) is 8.35. The van der Waals surface area contributed by atoms with Crippen molar-refractivity contribution in [2.24, 2.45) is 0 Å². The summed E-state index contributed by atoms with van der Waals surface area (Å²) in [6, 6.07) is 26.9. The molecule has 1 aliphatic heterocycles. The Labute approximate surface area is 202 Å². The second-order valence-corrected chi connectivity index (χ2v) is 9.93. The quantitative estimate of drug-likeness (QED) is 0.205. The number of rotatable bonds is 10. The summed E-state index contributed by atoms with van der Waals surface area (Å²) >= 11 is 0. The number of benzene rings is 3. The van der Waals surface area contributed by atoms with Gasteiger partial charge in [0.25, 0.3) is 10.1 Å². The van der Waals surface area contributed by atoms with Crippen molar-refractivity contribution in [2.75, 3.05) is 6.61 Å². The minimum absolute atomic E-state index is 0.159. The van der Waals surface area contributed by atoms with E-state index in [-0.39, 0.29) is 23.7 Å². The van der Waals surface area contributed by atoms with E-state index in [0.29, 0.717) is 6.42 Å². The molecule has 1 fully saturated rings. The van der Waals surface area contributed by atoms with Crippen molar-refractivity contribution in [2.45, 2.75) is 43.3 Å². The first-order valence-electron chi connectivity index (χ1n) is 11.6. The molecule has 0 spiro atoms. The third kappa shape index (κ3) is 6.45. The van der Waals surface area contributed by atoms with E-state index in [0.717, 1.165) is 29.5 Å². The summed E-state index contributed by atoms with van der Waals surface area (Å²) in [6.07, 6.45) is 3.88. The molecular formula is C27H29BO5S. The molecule has 1 saturated heterocycles. The lowest BCUT2D eigenvalue weighted by Gasteiger charge is -2.19. The molecule has 1 heterocycles. The molecule has 176 valence electrons. The molecule has 0 amide bonds. The highest BCUT2D eigenvalue weighted by Crippen LogP contribution is 2.41. The maximum absolute atomic E-state index is 12.2. The van der Waals surface area contributed by atoms with Crippen LogP contribution < -0.4 is 0 Å². The lowest BCUT2D eigenvalue weighted by atomic mass is 9.89. The van der Waals surface area contributed by atoms with Crippen LogP contribution in [0.5, 0.6) is 0 Å². The smallest absolute Gasteiger partial charge is 0.398 e. The molecule has 1 aliphatic rings. The van der Waals surface area contributed by atoms with Gasteiger partial charge in [-0.25, -0.2) is 0 Å². The molecule has 7 heteroatoms. The van der Waals surface area contributed by atoms with Crippen molar-refractivity contribution in [3.05, 3.63) is 114 Å². The number of unbranched alkanes of at least 4 members (excludes halogenated alkanes) is 2.